The van der Waals surface area contributed by atoms with Crippen molar-refractivity contribution in [3.8, 4) is 0 Å². The number of rotatable bonds is 18. The molecule has 0 bridgehead atoms. The van der Waals surface area contributed by atoms with Gasteiger partial charge in [0.05, 0.1) is 54.2 Å². The molecule has 25 atom stereocenters. The van der Waals surface area contributed by atoms with E-state index in [9.17, 15) is 54.9 Å². The molecule has 0 unspecified atom stereocenters. The van der Waals surface area contributed by atoms with Gasteiger partial charge in [-0.25, -0.2) is 4.79 Å². The number of aliphatic hydroxyl groups excluding tert-OH is 6. The van der Waals surface area contributed by atoms with E-state index in [4.69, 9.17) is 52.1 Å². The molecule has 0 radical (unpaired) electrons. The molecule has 7 N–H and O–H groups in total. The summed E-state index contributed by atoms with van der Waals surface area (Å²) in [6.45, 7) is 9.04. The molecular weight excluding hydrogens is 1020 g/mol. The van der Waals surface area contributed by atoms with E-state index in [-0.39, 0.29) is 68.7 Å². The van der Waals surface area contributed by atoms with Gasteiger partial charge in [0.1, 0.15) is 72.6 Å². The van der Waals surface area contributed by atoms with Gasteiger partial charge in [-0.1, -0.05) is 37.3 Å². The minimum Gasteiger partial charge on any atom is -0.458 e. The summed E-state index contributed by atoms with van der Waals surface area (Å²) in [5.41, 5.74) is -3.67. The summed E-state index contributed by atoms with van der Waals surface area (Å²) in [7, 11) is 2.83. The van der Waals surface area contributed by atoms with Crippen molar-refractivity contribution < 1.29 is 107 Å². The Labute approximate surface area is 454 Å². The second kappa shape index (κ2) is 24.9. The van der Waals surface area contributed by atoms with Crippen LogP contribution in [0.1, 0.15) is 98.5 Å². The van der Waals surface area contributed by atoms with Gasteiger partial charge in [-0.05, 0) is 84.1 Å². The summed E-state index contributed by atoms with van der Waals surface area (Å²) >= 11 is 0. The van der Waals surface area contributed by atoms with Crippen LogP contribution in [0.25, 0.3) is 6.08 Å². The lowest BCUT2D eigenvalue weighted by atomic mass is 9.52. The highest BCUT2D eigenvalue weighted by Gasteiger charge is 2.62. The van der Waals surface area contributed by atoms with E-state index >= 15 is 0 Å². The first-order valence-corrected chi connectivity index (χ1v) is 27.2. The fourth-order valence-corrected chi connectivity index (χ4v) is 13.1. The zero-order valence-corrected chi connectivity index (χ0v) is 45.5. The number of esters is 1. The number of benzene rings is 1. The molecule has 22 nitrogen and oxygen atoms in total. The van der Waals surface area contributed by atoms with Gasteiger partial charge in [0, 0.05) is 63.2 Å². The Balaban J connectivity index is 0.889. The van der Waals surface area contributed by atoms with Gasteiger partial charge in [-0.3, -0.25) is 14.4 Å². The first-order chi connectivity index (χ1) is 37.0. The van der Waals surface area contributed by atoms with Gasteiger partial charge in [0.25, 0.3) is 0 Å². The Hall–Kier alpha value is -3.50. The number of methoxy groups -OCH3 is 2. The fraction of sp³-hybridized carbons (Fsp3) is 0.750. The first kappa shape index (κ1) is 60.6. The molecule has 0 aromatic heterocycles. The molecule has 0 amide bonds. The molecular formula is C56H80O22. The van der Waals surface area contributed by atoms with Crippen molar-refractivity contribution in [2.24, 2.45) is 22.7 Å². The Morgan fingerprint density at radius 2 is 1.44 bits per heavy atom. The first-order valence-electron chi connectivity index (χ1n) is 27.2. The maximum absolute atomic E-state index is 14.0. The largest absolute Gasteiger partial charge is 0.458 e. The molecule has 7 aliphatic rings. The van der Waals surface area contributed by atoms with E-state index in [1.54, 1.807) is 65.0 Å². The van der Waals surface area contributed by atoms with Gasteiger partial charge < -0.3 is 87.9 Å². The number of fused-ring (bicyclic) bond motifs is 1. The Kier molecular flexibility index (Phi) is 19.4. The third-order valence-electron chi connectivity index (χ3n) is 17.9. The Morgan fingerprint density at radius 3 is 2.10 bits per heavy atom. The fourth-order valence-electron chi connectivity index (χ4n) is 13.1. The van der Waals surface area contributed by atoms with Gasteiger partial charge in [-0.15, -0.1) is 0 Å². The number of carbonyl (C=O) groups is 4. The van der Waals surface area contributed by atoms with Crippen molar-refractivity contribution in [1.82, 2.24) is 0 Å². The SMILES string of the molecule is CO[C@H]1[C@H](O)[C@H](O[C@H]2[C@H](O)[C@@H](O)[C@H](O[C@H]3CC[C@]4(C)[C@@H](C[C@H](OC(=O)/C=C/c5ccccc5)[C@@]5(C)C(=O)CC[C@@H]5C(C)=O)C(=O)C=C[C@]4(O)C3)O[C@@H]2CO)O[C@@H](C)[C@@H]1O[C@H]1C[C@H](O)[C@H](O[C@H]2C[C@H](OC)[C@H](O)[C@@H](C)O2)[C@@H](C)O1. The average molecular weight is 1110 g/mol. The normalized spacial score (nSPS) is 45.5. The van der Waals surface area contributed by atoms with Gasteiger partial charge in [0.15, 0.2) is 30.9 Å². The molecule has 22 heteroatoms. The van der Waals surface area contributed by atoms with Gasteiger partial charge >= 0.3 is 5.97 Å². The second-order valence-electron chi connectivity index (χ2n) is 22.7. The molecule has 8 rings (SSSR count). The lowest BCUT2D eigenvalue weighted by molar-refractivity contribution is -0.375. The number of carbonyl (C=O) groups excluding carboxylic acids is 4. The lowest BCUT2D eigenvalue weighted by Gasteiger charge is -2.55. The van der Waals surface area contributed by atoms with Crippen molar-refractivity contribution in [3.05, 3.63) is 54.1 Å². The summed E-state index contributed by atoms with van der Waals surface area (Å²) in [5, 5.41) is 79.5. The van der Waals surface area contributed by atoms with Crippen LogP contribution in [0.4, 0.5) is 0 Å². The van der Waals surface area contributed by atoms with E-state index in [2.05, 4.69) is 0 Å². The topological polar surface area (TPSA) is 311 Å². The monoisotopic (exact) mass is 1100 g/mol. The number of ketones is 3. The van der Waals surface area contributed by atoms with Crippen LogP contribution < -0.4 is 0 Å². The van der Waals surface area contributed by atoms with Crippen LogP contribution in [-0.2, 0) is 71.3 Å². The minimum absolute atomic E-state index is 0.0375. The van der Waals surface area contributed by atoms with Crippen LogP contribution in [0.3, 0.4) is 0 Å². The molecule has 0 spiro atoms. The smallest absolute Gasteiger partial charge is 0.331 e. The molecule has 3 aliphatic carbocycles. The maximum atomic E-state index is 14.0. The van der Waals surface area contributed by atoms with E-state index in [0.717, 1.165) is 5.56 Å². The van der Waals surface area contributed by atoms with E-state index in [1.165, 1.54) is 39.4 Å². The highest BCUT2D eigenvalue weighted by Crippen LogP contribution is 2.57. The van der Waals surface area contributed by atoms with Crippen molar-refractivity contribution in [2.75, 3.05) is 20.8 Å². The van der Waals surface area contributed by atoms with Gasteiger partial charge in [0.2, 0.25) is 0 Å². The van der Waals surface area contributed by atoms with Crippen molar-refractivity contribution >= 4 is 29.4 Å². The molecule has 1 aromatic carbocycles. The molecule has 4 aliphatic heterocycles. The van der Waals surface area contributed by atoms with Crippen molar-refractivity contribution in [2.45, 2.75) is 221 Å². The highest BCUT2D eigenvalue weighted by molar-refractivity contribution is 5.97. The van der Waals surface area contributed by atoms with Crippen molar-refractivity contribution in [3.63, 3.8) is 0 Å². The van der Waals surface area contributed by atoms with E-state index in [0.29, 0.717) is 0 Å². The average Bonchev–Trinajstić information content (AvgIpc) is 3.82. The van der Waals surface area contributed by atoms with E-state index < -0.39 is 164 Å². The predicted molar refractivity (Wildman–Crippen MR) is 270 cm³/mol. The molecule has 2 saturated carbocycles. The van der Waals surface area contributed by atoms with Crippen LogP contribution in [0.2, 0.25) is 0 Å². The molecule has 4 heterocycles. The third kappa shape index (κ3) is 12.2. The zero-order chi connectivity index (χ0) is 56.6. The number of aliphatic hydroxyl groups is 7. The molecule has 1 aromatic rings. The number of allylic oxidation sites excluding steroid dienone is 1. The standard InChI is InChI=1S/C56H80O22/c1-27(58)33-15-16-39(61)55(33,6)40(75-41(62)17-14-31-12-10-9-11-13-31)22-34-35(59)19-21-56(67)25-32(18-20-54(34,56)5)73-52-46(65)45(64)50(38(26-57)74-52)78-53-47(66)51(69-8)49(30(4)72-53)77-42-23-36(60)48(29(3)71-42)76-43-24-37(68-7)44(63)28(2)70-43/h9-14,17,19,21,28-30,32-34,36-38,40,42-53,57,60,63-67H,15-16,18,20,22-26H2,1-8H3/b17-14+/t28-,29-,30+,32+,33-,34+,36+,37+,38-,40+,42+,43+,44-,45-,46-,47+,48-,49+,50-,51+,52-,53+,54-,55-,56+/m1/s1. The third-order valence-corrected chi connectivity index (χ3v) is 17.9. The minimum atomic E-state index is -1.79. The zero-order valence-electron chi connectivity index (χ0n) is 45.5. The number of hydrogen-bond acceptors (Lipinski definition) is 22. The van der Waals surface area contributed by atoms with Gasteiger partial charge in [-0.2, -0.15) is 0 Å². The quantitative estimate of drug-likeness (QED) is 0.0806. The molecule has 436 valence electrons. The summed E-state index contributed by atoms with van der Waals surface area (Å²) < 4.78 is 66.0. The Morgan fingerprint density at radius 1 is 0.769 bits per heavy atom. The molecule has 6 fully saturated rings. The summed E-state index contributed by atoms with van der Waals surface area (Å²) in [6.07, 6.45) is -16.3. The van der Waals surface area contributed by atoms with Crippen LogP contribution in [-0.4, -0.2) is 208 Å². The number of Topliss-reactive ketones (excluding diaryl/α,β-unsaturated/α-hetero) is 2. The molecule has 78 heavy (non-hydrogen) atoms. The van der Waals surface area contributed by atoms with E-state index in [1.807, 2.05) is 6.07 Å². The lowest BCUT2D eigenvalue weighted by Crippen LogP contribution is -2.65. The highest BCUT2D eigenvalue weighted by atomic mass is 16.8. The number of ether oxygens (including phenoxy) is 11. The maximum Gasteiger partial charge on any atom is 0.331 e. The number of hydrogen-bond donors (Lipinski definition) is 7. The van der Waals surface area contributed by atoms with Crippen molar-refractivity contribution in [1.29, 1.82) is 0 Å². The van der Waals surface area contributed by atoms with Crippen LogP contribution in [0, 0.1) is 22.7 Å². The van der Waals surface area contributed by atoms with Crippen LogP contribution >= 0.6 is 0 Å². The van der Waals surface area contributed by atoms with Crippen LogP contribution in [0.15, 0.2) is 48.6 Å². The predicted octanol–water partition coefficient (Wildman–Crippen LogP) is 1.36. The molecule has 4 saturated heterocycles. The summed E-state index contributed by atoms with van der Waals surface area (Å²) in [5.74, 6) is -3.41. The summed E-state index contributed by atoms with van der Waals surface area (Å²) in [6, 6.07) is 9.03. The van der Waals surface area contributed by atoms with Crippen LogP contribution in [0.5, 0.6) is 0 Å². The summed E-state index contributed by atoms with van der Waals surface area (Å²) in [4.78, 5) is 54.4. The Bertz CT molecular complexity index is 2290. The second-order valence-corrected chi connectivity index (χ2v) is 22.7.